The molecule has 0 unspecified atom stereocenters. The summed E-state index contributed by atoms with van der Waals surface area (Å²) in [6.45, 7) is 5.07. The molecule has 0 spiro atoms. The fourth-order valence-corrected chi connectivity index (χ4v) is 4.42. The van der Waals surface area contributed by atoms with Gasteiger partial charge in [-0.2, -0.15) is 4.31 Å². The number of anilines is 1. The largest absolute Gasteiger partial charge is 0.321 e. The normalized spacial score (nSPS) is 16.4. The first-order valence-electron chi connectivity index (χ1n) is 8.71. The van der Waals surface area contributed by atoms with Crippen molar-refractivity contribution in [3.63, 3.8) is 0 Å². The van der Waals surface area contributed by atoms with Crippen LogP contribution in [0.5, 0.6) is 0 Å². The lowest BCUT2D eigenvalue weighted by Crippen LogP contribution is -2.37. The number of carbonyl (C=O) groups is 1. The number of pyridine rings is 1. The van der Waals surface area contributed by atoms with E-state index in [0.29, 0.717) is 30.4 Å². The Morgan fingerprint density at radius 2 is 1.77 bits per heavy atom. The lowest BCUT2D eigenvalue weighted by Gasteiger charge is -2.29. The van der Waals surface area contributed by atoms with Crippen molar-refractivity contribution in [3.05, 3.63) is 53.9 Å². The van der Waals surface area contributed by atoms with Crippen molar-refractivity contribution in [2.24, 2.45) is 5.92 Å². The van der Waals surface area contributed by atoms with Gasteiger partial charge in [0, 0.05) is 24.5 Å². The van der Waals surface area contributed by atoms with Crippen LogP contribution in [0.2, 0.25) is 0 Å². The minimum atomic E-state index is -3.48. The number of carbonyl (C=O) groups excluding carboxylic acids is 1. The molecule has 1 aliphatic rings. The van der Waals surface area contributed by atoms with Gasteiger partial charge in [-0.25, -0.2) is 13.4 Å². The molecule has 0 atom stereocenters. The number of amides is 1. The summed E-state index contributed by atoms with van der Waals surface area (Å²) in [6, 6.07) is 11.5. The number of rotatable bonds is 4. The second-order valence-corrected chi connectivity index (χ2v) is 8.67. The number of benzene rings is 1. The van der Waals surface area contributed by atoms with Crippen LogP contribution in [0.25, 0.3) is 0 Å². The van der Waals surface area contributed by atoms with Gasteiger partial charge >= 0.3 is 0 Å². The van der Waals surface area contributed by atoms with Crippen molar-refractivity contribution in [2.75, 3.05) is 18.4 Å². The molecule has 2 heterocycles. The molecule has 0 radical (unpaired) electrons. The summed E-state index contributed by atoms with van der Waals surface area (Å²) >= 11 is 0. The van der Waals surface area contributed by atoms with Crippen molar-refractivity contribution in [1.82, 2.24) is 9.29 Å². The minimum Gasteiger partial charge on any atom is -0.321 e. The van der Waals surface area contributed by atoms with Crippen LogP contribution in [0, 0.1) is 12.8 Å². The minimum absolute atomic E-state index is 0.249. The van der Waals surface area contributed by atoms with E-state index in [9.17, 15) is 13.2 Å². The average molecular weight is 373 g/mol. The highest BCUT2D eigenvalue weighted by atomic mass is 32.2. The van der Waals surface area contributed by atoms with Crippen LogP contribution < -0.4 is 5.32 Å². The molecule has 1 saturated heterocycles. The molecule has 1 amide bonds. The molecule has 0 saturated carbocycles. The lowest BCUT2D eigenvalue weighted by atomic mass is 10.0. The molecule has 3 rings (SSSR count). The van der Waals surface area contributed by atoms with Gasteiger partial charge in [0.15, 0.2) is 0 Å². The van der Waals surface area contributed by atoms with Gasteiger partial charge in [-0.15, -0.1) is 0 Å². The smallest absolute Gasteiger partial charge is 0.274 e. The Bertz CT molecular complexity index is 887. The molecule has 2 aromatic rings. The third-order valence-electron chi connectivity index (χ3n) is 4.61. The van der Waals surface area contributed by atoms with Crippen LogP contribution in [0.1, 0.15) is 35.9 Å². The van der Waals surface area contributed by atoms with E-state index < -0.39 is 10.0 Å². The Kier molecular flexibility index (Phi) is 5.38. The number of nitrogens with one attached hydrogen (secondary N) is 1. The van der Waals surface area contributed by atoms with E-state index in [1.54, 1.807) is 24.3 Å². The van der Waals surface area contributed by atoms with Crippen LogP contribution in [-0.4, -0.2) is 36.7 Å². The van der Waals surface area contributed by atoms with Crippen LogP contribution >= 0.6 is 0 Å². The van der Waals surface area contributed by atoms with Gasteiger partial charge in [-0.3, -0.25) is 4.79 Å². The standard InChI is InChI=1S/C19H23N3O3S/c1-14-10-12-22(13-11-14)26(24,25)17-8-6-16(7-9-17)21-19(23)18-5-3-4-15(2)20-18/h3-9,14H,10-13H2,1-2H3,(H,21,23). The third kappa shape index (κ3) is 4.11. The summed E-state index contributed by atoms with van der Waals surface area (Å²) in [4.78, 5) is 16.7. The SMILES string of the molecule is Cc1cccc(C(=O)Nc2ccc(S(=O)(=O)N3CCC(C)CC3)cc2)n1. The summed E-state index contributed by atoms with van der Waals surface area (Å²) in [5.74, 6) is 0.239. The number of hydrogen-bond donors (Lipinski definition) is 1. The first-order valence-corrected chi connectivity index (χ1v) is 10.2. The molecule has 1 fully saturated rings. The number of aryl methyl sites for hydroxylation is 1. The Morgan fingerprint density at radius 1 is 1.12 bits per heavy atom. The molecule has 138 valence electrons. The number of nitrogens with zero attached hydrogens (tertiary/aromatic N) is 2. The zero-order valence-electron chi connectivity index (χ0n) is 15.0. The van der Waals surface area contributed by atoms with Crippen molar-refractivity contribution in [2.45, 2.75) is 31.6 Å². The molecule has 0 bridgehead atoms. The maximum absolute atomic E-state index is 12.7. The molecule has 7 heteroatoms. The maximum atomic E-state index is 12.7. The van der Waals surface area contributed by atoms with Crippen LogP contribution in [0.3, 0.4) is 0 Å². The molecular formula is C19H23N3O3S. The molecule has 6 nitrogen and oxygen atoms in total. The highest BCUT2D eigenvalue weighted by Gasteiger charge is 2.27. The summed E-state index contributed by atoms with van der Waals surface area (Å²) < 4.78 is 27.0. The Balaban J connectivity index is 1.71. The summed E-state index contributed by atoms with van der Waals surface area (Å²) in [5, 5.41) is 2.74. The zero-order valence-corrected chi connectivity index (χ0v) is 15.8. The molecule has 1 aromatic heterocycles. The summed E-state index contributed by atoms with van der Waals surface area (Å²) in [7, 11) is -3.48. The van der Waals surface area contributed by atoms with Crippen LogP contribution in [0.4, 0.5) is 5.69 Å². The molecular weight excluding hydrogens is 350 g/mol. The topological polar surface area (TPSA) is 79.4 Å². The van der Waals surface area contributed by atoms with Gasteiger partial charge in [0.05, 0.1) is 4.90 Å². The third-order valence-corrected chi connectivity index (χ3v) is 6.53. The number of aromatic nitrogens is 1. The van der Waals surface area contributed by atoms with E-state index in [-0.39, 0.29) is 10.8 Å². The highest BCUT2D eigenvalue weighted by molar-refractivity contribution is 7.89. The highest BCUT2D eigenvalue weighted by Crippen LogP contribution is 2.24. The second-order valence-electron chi connectivity index (χ2n) is 6.73. The van der Waals surface area contributed by atoms with Crippen molar-refractivity contribution in [3.8, 4) is 0 Å². The predicted octanol–water partition coefficient (Wildman–Crippen LogP) is 3.06. The van der Waals surface area contributed by atoms with Gasteiger partial charge in [-0.05, 0) is 62.1 Å². The van der Waals surface area contributed by atoms with Crippen LogP contribution in [-0.2, 0) is 10.0 Å². The number of piperidine rings is 1. The van der Waals surface area contributed by atoms with Crippen molar-refractivity contribution >= 4 is 21.6 Å². The van der Waals surface area contributed by atoms with E-state index in [1.165, 1.54) is 16.4 Å². The fourth-order valence-electron chi connectivity index (χ4n) is 2.95. The summed E-state index contributed by atoms with van der Waals surface area (Å²) in [5.41, 5.74) is 1.61. The molecule has 1 N–H and O–H groups in total. The molecule has 1 aliphatic heterocycles. The Hall–Kier alpha value is -2.25. The van der Waals surface area contributed by atoms with Crippen LogP contribution in [0.15, 0.2) is 47.4 Å². The number of sulfonamides is 1. The van der Waals surface area contributed by atoms with E-state index in [2.05, 4.69) is 17.2 Å². The quantitative estimate of drug-likeness (QED) is 0.893. The van der Waals surface area contributed by atoms with E-state index in [4.69, 9.17) is 0 Å². The maximum Gasteiger partial charge on any atom is 0.274 e. The fraction of sp³-hybridized carbons (Fsp3) is 0.368. The lowest BCUT2D eigenvalue weighted by molar-refractivity contribution is 0.102. The monoisotopic (exact) mass is 373 g/mol. The van der Waals surface area contributed by atoms with Crippen molar-refractivity contribution in [1.29, 1.82) is 0 Å². The van der Waals surface area contributed by atoms with E-state index in [1.807, 2.05) is 13.0 Å². The zero-order chi connectivity index (χ0) is 18.7. The summed E-state index contributed by atoms with van der Waals surface area (Å²) in [6.07, 6.45) is 1.77. The second kappa shape index (κ2) is 7.55. The Morgan fingerprint density at radius 3 is 2.38 bits per heavy atom. The van der Waals surface area contributed by atoms with Gasteiger partial charge in [0.25, 0.3) is 5.91 Å². The van der Waals surface area contributed by atoms with Gasteiger partial charge in [0.2, 0.25) is 10.0 Å². The first-order chi connectivity index (χ1) is 12.4. The van der Waals surface area contributed by atoms with Crippen molar-refractivity contribution < 1.29 is 13.2 Å². The van der Waals surface area contributed by atoms with E-state index >= 15 is 0 Å². The van der Waals surface area contributed by atoms with E-state index in [0.717, 1.165) is 18.5 Å². The Labute approximate surface area is 154 Å². The van der Waals surface area contributed by atoms with Gasteiger partial charge < -0.3 is 5.32 Å². The van der Waals surface area contributed by atoms with Gasteiger partial charge in [0.1, 0.15) is 5.69 Å². The molecule has 26 heavy (non-hydrogen) atoms. The molecule has 0 aliphatic carbocycles. The number of hydrogen-bond acceptors (Lipinski definition) is 4. The predicted molar refractivity (Wildman–Crippen MR) is 101 cm³/mol. The molecule has 1 aromatic carbocycles. The first kappa shape index (κ1) is 18.5. The van der Waals surface area contributed by atoms with Gasteiger partial charge in [-0.1, -0.05) is 13.0 Å². The average Bonchev–Trinajstić information content (AvgIpc) is 2.62.